The molecule has 0 unspecified atom stereocenters. The summed E-state index contributed by atoms with van der Waals surface area (Å²) in [5.74, 6) is 0.565. The third-order valence-electron chi connectivity index (χ3n) is 10.2. The van der Waals surface area contributed by atoms with E-state index in [0.717, 1.165) is 0 Å². The van der Waals surface area contributed by atoms with Gasteiger partial charge in [0.25, 0.3) is 0 Å². The molecular weight excluding hydrogens is 872 g/mol. The van der Waals surface area contributed by atoms with Crippen molar-refractivity contribution in [2.75, 3.05) is 52.9 Å². The molecule has 4 aromatic rings. The first kappa shape index (κ1) is 44.8. The van der Waals surface area contributed by atoms with Gasteiger partial charge in [-0.15, -0.1) is 0 Å². The Bertz CT molecular complexity index is 2310. The van der Waals surface area contributed by atoms with Crippen LogP contribution in [0.15, 0.2) is 60.7 Å². The molecule has 0 aliphatic carbocycles. The molecule has 4 heterocycles. The van der Waals surface area contributed by atoms with Gasteiger partial charge in [-0.2, -0.15) is 0 Å². The molecule has 0 bridgehead atoms. The summed E-state index contributed by atoms with van der Waals surface area (Å²) in [6.07, 6.45) is -0.0546. The zero-order valence-electron chi connectivity index (χ0n) is 35.5. The van der Waals surface area contributed by atoms with Gasteiger partial charge in [0.2, 0.25) is 0 Å². The predicted octanol–water partition coefficient (Wildman–Crippen LogP) is 11.8. The highest BCUT2D eigenvalue weighted by Gasteiger charge is 2.43. The smallest absolute Gasteiger partial charge is 0.404 e. The molecule has 4 aliphatic heterocycles. The van der Waals surface area contributed by atoms with E-state index < -0.39 is 42.1 Å². The standard InChI is InChI=1S/C41H52O16P4/c1-38(2)20-46-58(42,47-21-38)54-30-13-9-28-11-15-36(56-60(44)50-24-40(5,6)25-51-60)34(32(28)17-30)19-35-33-18-31(55-59(43)48-22-39(3,4)23-49-59)14-10-29(33)12-16-37(35)57-61(45)52-26-41(7,8)27-53-61/h9-18H,19-27H2,1-8H3. The van der Waals surface area contributed by atoms with E-state index in [2.05, 4.69) is 0 Å². The second-order valence-corrected chi connectivity index (χ2v) is 25.4. The van der Waals surface area contributed by atoms with Gasteiger partial charge in [0.05, 0.1) is 52.9 Å². The van der Waals surface area contributed by atoms with Crippen LogP contribution in [0.4, 0.5) is 0 Å². The fourth-order valence-electron chi connectivity index (χ4n) is 6.56. The number of phosphoric ester groups is 4. The second kappa shape index (κ2) is 16.0. The zero-order valence-corrected chi connectivity index (χ0v) is 39.0. The Hall–Kier alpha value is -2.80. The van der Waals surface area contributed by atoms with E-state index >= 15 is 0 Å². The van der Waals surface area contributed by atoms with Gasteiger partial charge in [-0.3, -0.25) is 36.2 Å². The van der Waals surface area contributed by atoms with Crippen LogP contribution < -0.4 is 18.1 Å². The Labute approximate surface area is 355 Å². The highest BCUT2D eigenvalue weighted by Crippen LogP contribution is 2.59. The number of fused-ring (bicyclic) bond motifs is 2. The molecule has 16 nitrogen and oxygen atoms in total. The number of hydrogen-bond donors (Lipinski definition) is 0. The van der Waals surface area contributed by atoms with Gasteiger partial charge in [-0.05, 0) is 57.9 Å². The van der Waals surface area contributed by atoms with Crippen LogP contribution in [0.5, 0.6) is 23.0 Å². The Morgan fingerprint density at radius 3 is 0.967 bits per heavy atom. The van der Waals surface area contributed by atoms with Crippen LogP contribution in [-0.4, -0.2) is 52.9 Å². The second-order valence-electron chi connectivity index (χ2n) is 19.0. The summed E-state index contributed by atoms with van der Waals surface area (Å²) in [5.41, 5.74) is -0.684. The average Bonchev–Trinajstić information content (AvgIpc) is 3.19. The molecule has 0 N–H and O–H groups in total. The molecule has 4 aromatic carbocycles. The molecule has 8 rings (SSSR count). The molecule has 0 atom stereocenters. The minimum atomic E-state index is -4.16. The quantitative estimate of drug-likeness (QED) is 0.137. The molecule has 0 aromatic heterocycles. The van der Waals surface area contributed by atoms with Crippen molar-refractivity contribution >= 4 is 52.8 Å². The maximum Gasteiger partial charge on any atom is 0.530 e. The molecule has 0 saturated carbocycles. The first-order chi connectivity index (χ1) is 28.4. The van der Waals surface area contributed by atoms with E-state index in [4.69, 9.17) is 54.3 Å². The van der Waals surface area contributed by atoms with E-state index in [9.17, 15) is 18.3 Å². The summed E-state index contributed by atoms with van der Waals surface area (Å²) >= 11 is 0. The van der Waals surface area contributed by atoms with Crippen LogP contribution in [0.25, 0.3) is 21.5 Å². The topological polar surface area (TPSA) is 179 Å². The third kappa shape index (κ3) is 10.4. The fourth-order valence-corrected chi connectivity index (χ4v) is 12.9. The lowest BCUT2D eigenvalue weighted by Gasteiger charge is -2.34. The largest absolute Gasteiger partial charge is 0.530 e. The van der Waals surface area contributed by atoms with Gasteiger partial charge in [0.15, 0.2) is 0 Å². The van der Waals surface area contributed by atoms with Crippen LogP contribution >= 0.6 is 31.3 Å². The Morgan fingerprint density at radius 2 is 0.672 bits per heavy atom. The molecular formula is C41H52O16P4. The van der Waals surface area contributed by atoms with Crippen molar-refractivity contribution < 1.29 is 72.5 Å². The Kier molecular flexibility index (Phi) is 11.8. The van der Waals surface area contributed by atoms with E-state index in [0.29, 0.717) is 32.7 Å². The van der Waals surface area contributed by atoms with E-state index in [1.165, 1.54) is 0 Å². The predicted molar refractivity (Wildman–Crippen MR) is 226 cm³/mol. The SMILES string of the molecule is CC1(C)COP(=O)(Oc2ccc3ccc(OP4(=O)OCC(C)(C)CO4)c(Cc4c(OP5(=O)OCC(C)(C)CO5)ccc5ccc(OP6(=O)OCC(C)(C)CO6)cc45)c3c2)OC1. The number of rotatable bonds is 10. The summed E-state index contributed by atoms with van der Waals surface area (Å²) in [6, 6.07) is 16.9. The van der Waals surface area contributed by atoms with Crippen molar-refractivity contribution in [1.29, 1.82) is 0 Å². The maximum atomic E-state index is 14.1. The molecule has 0 radical (unpaired) electrons. The Balaban J connectivity index is 1.25. The maximum absolute atomic E-state index is 14.1. The van der Waals surface area contributed by atoms with Gasteiger partial charge in [-0.25, -0.2) is 18.3 Å². The van der Waals surface area contributed by atoms with E-state index in [1.807, 2.05) is 55.4 Å². The lowest BCUT2D eigenvalue weighted by Crippen LogP contribution is -2.30. The van der Waals surface area contributed by atoms with Crippen molar-refractivity contribution in [1.82, 2.24) is 0 Å². The summed E-state index contributed by atoms with van der Waals surface area (Å²) in [4.78, 5) is 0. The van der Waals surface area contributed by atoms with E-state index in [-0.39, 0.29) is 93.1 Å². The van der Waals surface area contributed by atoms with Crippen LogP contribution in [0, 0.1) is 21.7 Å². The van der Waals surface area contributed by atoms with Crippen molar-refractivity contribution in [2.45, 2.75) is 61.8 Å². The molecule has 332 valence electrons. The monoisotopic (exact) mass is 924 g/mol. The minimum Gasteiger partial charge on any atom is -0.404 e. The molecule has 0 amide bonds. The minimum absolute atomic E-state index is 0.0546. The zero-order chi connectivity index (χ0) is 43.7. The summed E-state index contributed by atoms with van der Waals surface area (Å²) in [6.45, 7) is 16.5. The van der Waals surface area contributed by atoms with Gasteiger partial charge < -0.3 is 18.1 Å². The number of phosphoric acid groups is 4. The summed E-state index contributed by atoms with van der Waals surface area (Å²) in [5, 5.41) is 2.43. The van der Waals surface area contributed by atoms with Crippen LogP contribution in [-0.2, 0) is 60.9 Å². The van der Waals surface area contributed by atoms with Crippen molar-refractivity contribution in [2.24, 2.45) is 21.7 Å². The normalized spacial score (nSPS) is 24.4. The molecule has 4 fully saturated rings. The summed E-state index contributed by atoms with van der Waals surface area (Å²) < 4.78 is 125. The lowest BCUT2D eigenvalue weighted by atomic mass is 9.93. The number of benzene rings is 4. The molecule has 4 aliphatic rings. The van der Waals surface area contributed by atoms with Crippen LogP contribution in [0.2, 0.25) is 0 Å². The highest BCUT2D eigenvalue weighted by atomic mass is 31.2. The van der Waals surface area contributed by atoms with Crippen LogP contribution in [0.3, 0.4) is 0 Å². The van der Waals surface area contributed by atoms with Crippen LogP contribution in [0.1, 0.15) is 66.5 Å². The fraction of sp³-hybridized carbons (Fsp3) is 0.512. The van der Waals surface area contributed by atoms with E-state index in [1.54, 1.807) is 60.7 Å². The van der Waals surface area contributed by atoms with Crippen molar-refractivity contribution in [3.8, 4) is 23.0 Å². The first-order valence-electron chi connectivity index (χ1n) is 19.9. The highest BCUT2D eigenvalue weighted by molar-refractivity contribution is 7.49. The van der Waals surface area contributed by atoms with Crippen molar-refractivity contribution in [3.63, 3.8) is 0 Å². The molecule has 0 spiro atoms. The molecule has 4 saturated heterocycles. The van der Waals surface area contributed by atoms with Gasteiger partial charge >= 0.3 is 31.3 Å². The molecule has 61 heavy (non-hydrogen) atoms. The first-order valence-corrected chi connectivity index (χ1v) is 25.7. The van der Waals surface area contributed by atoms with Gasteiger partial charge in [0.1, 0.15) is 23.0 Å². The lowest BCUT2D eigenvalue weighted by molar-refractivity contribution is 0.0178. The third-order valence-corrected chi connectivity index (χ3v) is 15.5. The molecule has 20 heteroatoms. The van der Waals surface area contributed by atoms with Crippen molar-refractivity contribution in [3.05, 3.63) is 71.8 Å². The van der Waals surface area contributed by atoms with Gasteiger partial charge in [0, 0.05) is 39.2 Å². The van der Waals surface area contributed by atoms with Gasteiger partial charge in [-0.1, -0.05) is 79.7 Å². The average molecular weight is 925 g/mol. The number of hydrogen-bond acceptors (Lipinski definition) is 16. The Morgan fingerprint density at radius 1 is 0.410 bits per heavy atom. The summed E-state index contributed by atoms with van der Waals surface area (Å²) in [7, 11) is -16.3.